The van der Waals surface area contributed by atoms with Gasteiger partial charge in [0.05, 0.1) is 19.6 Å². The topological polar surface area (TPSA) is 27.7 Å². The molecule has 3 heteroatoms. The smallest absolute Gasteiger partial charge is 0.207 e. The molecule has 2 aliphatic heterocycles. The van der Waals surface area contributed by atoms with Crippen molar-refractivity contribution >= 4 is 10.8 Å². The van der Waals surface area contributed by atoms with Gasteiger partial charge in [-0.05, 0) is 17.9 Å². The Morgan fingerprint density at radius 3 is 3.06 bits per heavy atom. The van der Waals surface area contributed by atoms with E-state index in [-0.39, 0.29) is 6.29 Å². The summed E-state index contributed by atoms with van der Waals surface area (Å²) >= 11 is 0. The van der Waals surface area contributed by atoms with E-state index >= 15 is 0 Å². The number of hydrogen-bond donors (Lipinski definition) is 0. The van der Waals surface area contributed by atoms with Crippen LogP contribution in [0.5, 0.6) is 11.5 Å². The molecule has 2 heterocycles. The minimum absolute atomic E-state index is 0.125. The fourth-order valence-electron chi connectivity index (χ4n) is 3.03. The Kier molecular flexibility index (Phi) is 2.06. The first-order chi connectivity index (χ1) is 8.88. The van der Waals surface area contributed by atoms with Gasteiger partial charge in [0.25, 0.3) is 0 Å². The molecule has 1 fully saturated rings. The fourth-order valence-corrected chi connectivity index (χ4v) is 3.03. The van der Waals surface area contributed by atoms with Crippen LogP contribution in [0.1, 0.15) is 17.9 Å². The van der Waals surface area contributed by atoms with Gasteiger partial charge in [-0.15, -0.1) is 0 Å². The second kappa shape index (κ2) is 3.62. The average Bonchev–Trinajstić information content (AvgIpc) is 2.98. The van der Waals surface area contributed by atoms with Gasteiger partial charge in [0.2, 0.25) is 6.29 Å². The monoisotopic (exact) mass is 242 g/mol. The lowest BCUT2D eigenvalue weighted by Crippen LogP contribution is -2.13. The molecular weight excluding hydrogens is 228 g/mol. The first kappa shape index (κ1) is 10.2. The Labute approximate surface area is 105 Å². The van der Waals surface area contributed by atoms with Crippen LogP contribution in [0.2, 0.25) is 0 Å². The molecule has 2 atom stereocenters. The summed E-state index contributed by atoms with van der Waals surface area (Å²) in [4.78, 5) is 0. The molecule has 1 saturated heterocycles. The molecule has 3 nitrogen and oxygen atoms in total. The van der Waals surface area contributed by atoms with Gasteiger partial charge in [0.1, 0.15) is 11.5 Å². The van der Waals surface area contributed by atoms with Crippen LogP contribution in [0.3, 0.4) is 0 Å². The van der Waals surface area contributed by atoms with Gasteiger partial charge >= 0.3 is 0 Å². The predicted octanol–water partition coefficient (Wildman–Crippen LogP) is 3.07. The van der Waals surface area contributed by atoms with E-state index in [0.717, 1.165) is 35.3 Å². The van der Waals surface area contributed by atoms with Crippen LogP contribution < -0.4 is 9.47 Å². The molecule has 18 heavy (non-hydrogen) atoms. The third-order valence-corrected chi connectivity index (χ3v) is 3.87. The minimum atomic E-state index is -0.125. The Balaban J connectivity index is 2.03. The zero-order valence-corrected chi connectivity index (χ0v) is 10.2. The molecule has 2 aromatic carbocycles. The van der Waals surface area contributed by atoms with Crippen molar-refractivity contribution < 1.29 is 14.2 Å². The normalized spacial score (nSPS) is 24.7. The Bertz CT molecular complexity index is 620. The third-order valence-electron chi connectivity index (χ3n) is 3.87. The molecular formula is C15H14O3. The van der Waals surface area contributed by atoms with Gasteiger partial charge < -0.3 is 14.2 Å². The molecule has 0 aliphatic carbocycles. The Hall–Kier alpha value is -1.74. The summed E-state index contributed by atoms with van der Waals surface area (Å²) in [5.74, 6) is 2.18. The van der Waals surface area contributed by atoms with Gasteiger partial charge in [-0.2, -0.15) is 0 Å². The van der Waals surface area contributed by atoms with E-state index in [1.54, 1.807) is 7.11 Å². The molecule has 2 aromatic rings. The summed E-state index contributed by atoms with van der Waals surface area (Å²) in [6, 6.07) is 10.3. The van der Waals surface area contributed by atoms with Crippen LogP contribution in [0.25, 0.3) is 10.8 Å². The predicted molar refractivity (Wildman–Crippen MR) is 68.2 cm³/mol. The lowest BCUT2D eigenvalue weighted by molar-refractivity contribution is -0.0330. The van der Waals surface area contributed by atoms with Crippen molar-refractivity contribution in [2.75, 3.05) is 13.7 Å². The molecule has 0 N–H and O–H groups in total. The molecule has 0 bridgehead atoms. The van der Waals surface area contributed by atoms with Crippen molar-refractivity contribution in [3.05, 3.63) is 35.9 Å². The van der Waals surface area contributed by atoms with Crippen molar-refractivity contribution in [2.24, 2.45) is 0 Å². The first-order valence-electron chi connectivity index (χ1n) is 6.26. The van der Waals surface area contributed by atoms with E-state index < -0.39 is 0 Å². The minimum Gasteiger partial charge on any atom is -0.496 e. The standard InChI is InChI=1S/C15H14O3/c1-16-12-8-9-4-2-3-5-10(9)14-13(12)11-6-7-17-15(11)18-14/h2-5,8,11,15H,6-7H2,1H3. The SMILES string of the molecule is COc1cc2ccccc2c2c1C1CCOC1O2. The number of methoxy groups -OCH3 is 1. The zero-order chi connectivity index (χ0) is 12.1. The highest BCUT2D eigenvalue weighted by Crippen LogP contribution is 2.51. The second-order valence-corrected chi connectivity index (χ2v) is 4.79. The highest BCUT2D eigenvalue weighted by atomic mass is 16.7. The van der Waals surface area contributed by atoms with E-state index in [9.17, 15) is 0 Å². The van der Waals surface area contributed by atoms with E-state index in [2.05, 4.69) is 18.2 Å². The maximum Gasteiger partial charge on any atom is 0.207 e. The van der Waals surface area contributed by atoms with E-state index in [1.807, 2.05) is 12.1 Å². The van der Waals surface area contributed by atoms with Crippen LogP contribution >= 0.6 is 0 Å². The molecule has 0 radical (unpaired) electrons. The van der Waals surface area contributed by atoms with Crippen LogP contribution in [-0.2, 0) is 4.74 Å². The van der Waals surface area contributed by atoms with Crippen molar-refractivity contribution in [1.82, 2.24) is 0 Å². The van der Waals surface area contributed by atoms with Gasteiger partial charge in [-0.3, -0.25) is 0 Å². The van der Waals surface area contributed by atoms with Crippen molar-refractivity contribution in [2.45, 2.75) is 18.6 Å². The van der Waals surface area contributed by atoms with Gasteiger partial charge in [0, 0.05) is 10.9 Å². The molecule has 92 valence electrons. The molecule has 0 spiro atoms. The van der Waals surface area contributed by atoms with E-state index in [1.165, 1.54) is 5.56 Å². The van der Waals surface area contributed by atoms with Crippen LogP contribution in [0.4, 0.5) is 0 Å². The number of hydrogen-bond acceptors (Lipinski definition) is 3. The molecule has 2 aliphatic rings. The first-order valence-corrected chi connectivity index (χ1v) is 6.26. The highest BCUT2D eigenvalue weighted by Gasteiger charge is 2.42. The number of ether oxygens (including phenoxy) is 3. The Morgan fingerprint density at radius 1 is 1.28 bits per heavy atom. The maximum atomic E-state index is 5.98. The summed E-state index contributed by atoms with van der Waals surface area (Å²) in [6.07, 6.45) is 0.881. The van der Waals surface area contributed by atoms with Crippen LogP contribution in [0.15, 0.2) is 30.3 Å². The zero-order valence-electron chi connectivity index (χ0n) is 10.2. The quantitative estimate of drug-likeness (QED) is 0.769. The fraction of sp³-hybridized carbons (Fsp3) is 0.333. The van der Waals surface area contributed by atoms with Crippen molar-refractivity contribution in [3.63, 3.8) is 0 Å². The lowest BCUT2D eigenvalue weighted by Gasteiger charge is -2.11. The maximum absolute atomic E-state index is 5.98. The number of rotatable bonds is 1. The Morgan fingerprint density at radius 2 is 2.17 bits per heavy atom. The lowest BCUT2D eigenvalue weighted by atomic mass is 9.94. The summed E-state index contributed by atoms with van der Waals surface area (Å²) in [5.41, 5.74) is 1.18. The summed E-state index contributed by atoms with van der Waals surface area (Å²) in [7, 11) is 1.72. The molecule has 0 aromatic heterocycles. The molecule has 2 unspecified atom stereocenters. The van der Waals surface area contributed by atoms with Crippen LogP contribution in [-0.4, -0.2) is 20.0 Å². The molecule has 0 amide bonds. The summed E-state index contributed by atoms with van der Waals surface area (Å²) in [5, 5.41) is 2.29. The van der Waals surface area contributed by atoms with Gasteiger partial charge in [0.15, 0.2) is 0 Å². The number of fused-ring (bicyclic) bond motifs is 5. The summed E-state index contributed by atoms with van der Waals surface area (Å²) in [6.45, 7) is 0.769. The number of benzene rings is 2. The van der Waals surface area contributed by atoms with E-state index in [0.29, 0.717) is 5.92 Å². The highest BCUT2D eigenvalue weighted by molar-refractivity contribution is 5.92. The van der Waals surface area contributed by atoms with Crippen LogP contribution in [0, 0.1) is 0 Å². The molecule has 4 rings (SSSR count). The van der Waals surface area contributed by atoms with E-state index in [4.69, 9.17) is 14.2 Å². The molecule has 0 saturated carbocycles. The van der Waals surface area contributed by atoms with Gasteiger partial charge in [-0.25, -0.2) is 0 Å². The largest absolute Gasteiger partial charge is 0.496 e. The summed E-state index contributed by atoms with van der Waals surface area (Å²) < 4.78 is 17.2. The average molecular weight is 242 g/mol. The second-order valence-electron chi connectivity index (χ2n) is 4.79. The van der Waals surface area contributed by atoms with Crippen molar-refractivity contribution in [1.29, 1.82) is 0 Å². The van der Waals surface area contributed by atoms with Gasteiger partial charge in [-0.1, -0.05) is 24.3 Å². The third kappa shape index (κ3) is 1.22. The van der Waals surface area contributed by atoms with Crippen molar-refractivity contribution in [3.8, 4) is 11.5 Å².